The van der Waals surface area contributed by atoms with Gasteiger partial charge in [-0.2, -0.15) is 0 Å². The number of hydrogen-bond donors (Lipinski definition) is 0. The lowest BCUT2D eigenvalue weighted by molar-refractivity contribution is -0.118. The molecule has 0 heterocycles. The molecule has 0 N–H and O–H groups in total. The van der Waals surface area contributed by atoms with Gasteiger partial charge in [-0.3, -0.25) is 4.79 Å². The number of carbonyl (C=O) groups is 1. The first-order chi connectivity index (χ1) is 9.67. The molecule has 0 aliphatic rings. The van der Waals surface area contributed by atoms with Gasteiger partial charge in [-0.05, 0) is 55.7 Å². The average molecular weight is 294 g/mol. The molecule has 0 saturated carbocycles. The number of rotatable bonds is 10. The van der Waals surface area contributed by atoms with Crippen LogP contribution in [0.1, 0.15) is 50.2 Å². The van der Waals surface area contributed by atoms with Gasteiger partial charge in [0.2, 0.25) is 0 Å². The first-order valence-electron chi connectivity index (χ1n) is 7.40. The van der Waals surface area contributed by atoms with Crippen LogP contribution in [-0.2, 0) is 11.2 Å². The monoisotopic (exact) mass is 294 g/mol. The largest absolute Gasteiger partial charge is 0.483 e. The summed E-state index contributed by atoms with van der Waals surface area (Å²) < 4.78 is 5.64. The molecule has 0 bridgehead atoms. The van der Waals surface area contributed by atoms with Gasteiger partial charge in [-0.1, -0.05) is 19.4 Å². The normalized spacial score (nSPS) is 10.6. The third kappa shape index (κ3) is 6.47. The highest BCUT2D eigenvalue weighted by molar-refractivity contribution is 7.98. The van der Waals surface area contributed by atoms with Crippen molar-refractivity contribution in [1.82, 2.24) is 0 Å². The zero-order chi connectivity index (χ0) is 14.8. The lowest BCUT2D eigenvalue weighted by Crippen LogP contribution is -1.97. The second kappa shape index (κ2) is 9.87. The first kappa shape index (κ1) is 17.1. The van der Waals surface area contributed by atoms with Crippen LogP contribution in [-0.4, -0.2) is 18.0 Å². The molecular formula is C17H26O2S. The van der Waals surface area contributed by atoms with Crippen LogP contribution >= 0.6 is 11.8 Å². The van der Waals surface area contributed by atoms with Crippen molar-refractivity contribution in [2.45, 2.75) is 52.4 Å². The summed E-state index contributed by atoms with van der Waals surface area (Å²) in [6, 6.07) is 6.32. The van der Waals surface area contributed by atoms with Gasteiger partial charge in [0.1, 0.15) is 17.5 Å². The number of benzene rings is 1. The van der Waals surface area contributed by atoms with Crippen LogP contribution in [0.25, 0.3) is 0 Å². The number of thioether (sulfide) groups is 1. The summed E-state index contributed by atoms with van der Waals surface area (Å²) in [5.74, 6) is 2.04. The Kier molecular flexibility index (Phi) is 8.43. The summed E-state index contributed by atoms with van der Waals surface area (Å²) >= 11 is 1.68. The Balaban J connectivity index is 2.36. The van der Waals surface area contributed by atoms with E-state index in [-0.39, 0.29) is 0 Å². The lowest BCUT2D eigenvalue weighted by Gasteiger charge is -2.10. The van der Waals surface area contributed by atoms with E-state index in [0.717, 1.165) is 37.9 Å². The Hall–Kier alpha value is -0.960. The zero-order valence-corrected chi connectivity index (χ0v) is 13.7. The van der Waals surface area contributed by atoms with Gasteiger partial charge in [0.25, 0.3) is 0 Å². The van der Waals surface area contributed by atoms with Crippen molar-refractivity contribution in [3.63, 3.8) is 0 Å². The number of carbonyl (C=O) groups excluding carboxylic acids is 1. The zero-order valence-electron chi connectivity index (χ0n) is 12.9. The Morgan fingerprint density at radius 2 is 2.05 bits per heavy atom. The van der Waals surface area contributed by atoms with Gasteiger partial charge in [-0.15, -0.1) is 11.8 Å². The maximum atomic E-state index is 11.2. The predicted molar refractivity (Wildman–Crippen MR) is 87.7 cm³/mol. The molecule has 0 atom stereocenters. The van der Waals surface area contributed by atoms with E-state index < -0.39 is 0 Å². The Morgan fingerprint density at radius 3 is 2.75 bits per heavy atom. The molecule has 1 rings (SSSR count). The highest BCUT2D eigenvalue weighted by Crippen LogP contribution is 2.20. The summed E-state index contributed by atoms with van der Waals surface area (Å²) in [5, 5.41) is 0. The number of unbranched alkanes of at least 4 members (excludes halogenated alkanes) is 2. The molecule has 112 valence electrons. The molecule has 0 fully saturated rings. The summed E-state index contributed by atoms with van der Waals surface area (Å²) in [7, 11) is 0. The van der Waals surface area contributed by atoms with Crippen molar-refractivity contribution >= 4 is 17.5 Å². The number of aryl methyl sites for hydroxylation is 2. The fraction of sp³-hybridized carbons (Fsp3) is 0.588. The van der Waals surface area contributed by atoms with Crippen LogP contribution in [0, 0.1) is 6.92 Å². The molecule has 1 aromatic rings. The minimum atomic E-state index is 0.383. The fourth-order valence-electron chi connectivity index (χ4n) is 2.13. The molecule has 2 nitrogen and oxygen atoms in total. The SMILES string of the molecule is CCC(=O)CCCCCc1cc(OCSC)ccc1C. The highest BCUT2D eigenvalue weighted by atomic mass is 32.2. The minimum absolute atomic E-state index is 0.383. The van der Waals surface area contributed by atoms with Crippen LogP contribution in [0.3, 0.4) is 0 Å². The summed E-state index contributed by atoms with van der Waals surface area (Å²) in [6.07, 6.45) is 7.81. The maximum absolute atomic E-state index is 11.2. The average Bonchev–Trinajstić information content (AvgIpc) is 2.46. The van der Waals surface area contributed by atoms with E-state index >= 15 is 0 Å². The standard InChI is InChI=1S/C17H26O2S/c1-4-16(18)9-7-5-6-8-15-12-17(19-13-20-3)11-10-14(15)2/h10-12H,4-9,13H2,1-3H3. The van der Waals surface area contributed by atoms with Crippen LogP contribution < -0.4 is 4.74 Å². The van der Waals surface area contributed by atoms with E-state index in [4.69, 9.17) is 4.74 Å². The quantitative estimate of drug-likeness (QED) is 0.459. The fourth-order valence-corrected chi connectivity index (χ4v) is 2.38. The van der Waals surface area contributed by atoms with Gasteiger partial charge < -0.3 is 4.74 Å². The Labute approximate surface area is 127 Å². The van der Waals surface area contributed by atoms with Crippen LogP contribution in [0.15, 0.2) is 18.2 Å². The van der Waals surface area contributed by atoms with E-state index in [1.165, 1.54) is 11.1 Å². The van der Waals surface area contributed by atoms with Crippen molar-refractivity contribution in [3.05, 3.63) is 29.3 Å². The second-order valence-electron chi connectivity index (χ2n) is 5.09. The lowest BCUT2D eigenvalue weighted by atomic mass is 10.0. The summed E-state index contributed by atoms with van der Waals surface area (Å²) in [5.41, 5.74) is 2.69. The van der Waals surface area contributed by atoms with Gasteiger partial charge in [0, 0.05) is 12.8 Å². The molecule has 20 heavy (non-hydrogen) atoms. The van der Waals surface area contributed by atoms with Crippen molar-refractivity contribution < 1.29 is 9.53 Å². The molecule has 0 aliphatic carbocycles. The smallest absolute Gasteiger partial charge is 0.133 e. The van der Waals surface area contributed by atoms with Gasteiger partial charge in [0.15, 0.2) is 0 Å². The molecular weight excluding hydrogens is 268 g/mol. The topological polar surface area (TPSA) is 26.3 Å². The predicted octanol–water partition coefficient (Wildman–Crippen LogP) is 4.78. The molecule has 0 radical (unpaired) electrons. The second-order valence-corrected chi connectivity index (χ2v) is 5.91. The third-order valence-corrected chi connectivity index (χ3v) is 3.81. The maximum Gasteiger partial charge on any atom is 0.133 e. The molecule has 0 amide bonds. The molecule has 0 unspecified atom stereocenters. The number of ether oxygens (including phenoxy) is 1. The molecule has 0 aliphatic heterocycles. The van der Waals surface area contributed by atoms with Gasteiger partial charge >= 0.3 is 0 Å². The van der Waals surface area contributed by atoms with E-state index in [1.807, 2.05) is 19.2 Å². The van der Waals surface area contributed by atoms with Crippen LogP contribution in [0.5, 0.6) is 5.75 Å². The molecule has 0 spiro atoms. The Morgan fingerprint density at radius 1 is 1.25 bits per heavy atom. The molecule has 0 saturated heterocycles. The van der Waals surface area contributed by atoms with E-state index in [2.05, 4.69) is 19.1 Å². The van der Waals surface area contributed by atoms with Crippen molar-refractivity contribution in [1.29, 1.82) is 0 Å². The van der Waals surface area contributed by atoms with E-state index in [0.29, 0.717) is 18.1 Å². The highest BCUT2D eigenvalue weighted by Gasteiger charge is 2.03. The van der Waals surface area contributed by atoms with Crippen molar-refractivity contribution in [2.24, 2.45) is 0 Å². The first-order valence-corrected chi connectivity index (χ1v) is 8.79. The van der Waals surface area contributed by atoms with Gasteiger partial charge in [-0.25, -0.2) is 0 Å². The van der Waals surface area contributed by atoms with Gasteiger partial charge in [0.05, 0.1) is 0 Å². The third-order valence-electron chi connectivity index (χ3n) is 3.46. The van der Waals surface area contributed by atoms with E-state index in [9.17, 15) is 4.79 Å². The number of ketones is 1. The summed E-state index contributed by atoms with van der Waals surface area (Å²) in [4.78, 5) is 11.2. The van der Waals surface area contributed by atoms with Crippen LogP contribution in [0.4, 0.5) is 0 Å². The summed E-state index contributed by atoms with van der Waals surface area (Å²) in [6.45, 7) is 4.08. The molecule has 1 aromatic carbocycles. The van der Waals surface area contributed by atoms with Crippen molar-refractivity contribution in [2.75, 3.05) is 12.2 Å². The van der Waals surface area contributed by atoms with Crippen molar-refractivity contribution in [3.8, 4) is 5.75 Å². The minimum Gasteiger partial charge on any atom is -0.483 e. The molecule has 0 aromatic heterocycles. The Bertz CT molecular complexity index is 415. The number of Topliss-reactive ketones (excluding diaryl/α,β-unsaturated/α-hetero) is 1. The van der Waals surface area contributed by atoms with E-state index in [1.54, 1.807) is 11.8 Å². The van der Waals surface area contributed by atoms with Crippen LogP contribution in [0.2, 0.25) is 0 Å². The molecule has 3 heteroatoms. The number of hydrogen-bond acceptors (Lipinski definition) is 3.